The van der Waals surface area contributed by atoms with E-state index in [1.165, 1.54) is 20.7 Å². The van der Waals surface area contributed by atoms with Gasteiger partial charge in [0.2, 0.25) is 25.9 Å². The SMILES string of the molecule is CC(C)(C)c1nc2ccc(Cl)c(S(=O)(=O)N3CCN4CCOC[C@H]4C3)c2o1.Nc1ccc(Cl)c(S(=O)(=O)N2CCN3CCOC[C@H]3C2)c1O. The molecule has 270 valence electrons. The normalized spacial score (nSPS) is 23.4. The maximum atomic E-state index is 13.4. The highest BCUT2D eigenvalue weighted by Gasteiger charge is 2.40. The number of phenols is 1. The maximum absolute atomic E-state index is 13.4. The molecule has 0 bridgehead atoms. The number of benzene rings is 2. The van der Waals surface area contributed by atoms with Crippen LogP contribution in [0.2, 0.25) is 10.0 Å². The monoisotopic (exact) mass is 760 g/mol. The van der Waals surface area contributed by atoms with Crippen LogP contribution in [-0.2, 0) is 34.9 Å². The van der Waals surface area contributed by atoms with Crippen molar-refractivity contribution in [2.75, 3.05) is 84.5 Å². The second kappa shape index (κ2) is 14.1. The van der Waals surface area contributed by atoms with Crippen LogP contribution >= 0.6 is 23.2 Å². The Morgan fingerprint density at radius 2 is 1.31 bits per heavy atom. The highest BCUT2D eigenvalue weighted by Crippen LogP contribution is 2.38. The third-order valence-corrected chi connectivity index (χ3v) is 13.9. The number of aromatic hydroxyl groups is 1. The van der Waals surface area contributed by atoms with E-state index in [9.17, 15) is 21.9 Å². The first-order valence-corrected chi connectivity index (χ1v) is 19.7. The molecule has 0 saturated carbocycles. The summed E-state index contributed by atoms with van der Waals surface area (Å²) in [6.45, 7) is 12.8. The summed E-state index contributed by atoms with van der Waals surface area (Å²) in [4.78, 5) is 8.66. The predicted octanol–water partition coefficient (Wildman–Crippen LogP) is 2.82. The van der Waals surface area contributed by atoms with Crippen molar-refractivity contribution in [2.24, 2.45) is 0 Å². The number of hydrogen-bond acceptors (Lipinski definition) is 12. The van der Waals surface area contributed by atoms with Crippen LogP contribution in [0.3, 0.4) is 0 Å². The third-order valence-electron chi connectivity index (χ3n) is 9.22. The molecule has 1 aromatic heterocycles. The summed E-state index contributed by atoms with van der Waals surface area (Å²) in [6.07, 6.45) is 0. The molecule has 14 nitrogen and oxygen atoms in total. The Balaban J connectivity index is 0.000000174. The molecule has 2 atom stereocenters. The van der Waals surface area contributed by atoms with Crippen LogP contribution in [0.1, 0.15) is 26.7 Å². The van der Waals surface area contributed by atoms with Gasteiger partial charge in [0.15, 0.2) is 11.3 Å². The largest absolute Gasteiger partial charge is 0.504 e. The Morgan fingerprint density at radius 3 is 1.86 bits per heavy atom. The molecule has 5 heterocycles. The molecule has 2 aromatic carbocycles. The number of nitrogens with two attached hydrogens (primary N) is 1. The Morgan fingerprint density at radius 1 is 0.796 bits per heavy atom. The zero-order valence-corrected chi connectivity index (χ0v) is 30.8. The minimum absolute atomic E-state index is 0.00912. The molecule has 4 fully saturated rings. The van der Waals surface area contributed by atoms with Gasteiger partial charge in [-0.3, -0.25) is 9.80 Å². The first-order valence-electron chi connectivity index (χ1n) is 16.1. The lowest BCUT2D eigenvalue weighted by Gasteiger charge is -2.43. The number of ether oxygens (including phenoxy) is 2. The van der Waals surface area contributed by atoms with E-state index < -0.39 is 25.8 Å². The number of hydrogen-bond donors (Lipinski definition) is 2. The van der Waals surface area contributed by atoms with Crippen LogP contribution in [0.5, 0.6) is 5.75 Å². The summed E-state index contributed by atoms with van der Waals surface area (Å²) in [6, 6.07) is 6.13. The van der Waals surface area contributed by atoms with Gasteiger partial charge in [0.25, 0.3) is 0 Å². The number of fused-ring (bicyclic) bond motifs is 3. The average Bonchev–Trinajstić information content (AvgIpc) is 3.51. The molecule has 49 heavy (non-hydrogen) atoms. The topological polar surface area (TPSA) is 172 Å². The number of oxazole rings is 1. The number of anilines is 1. The van der Waals surface area contributed by atoms with E-state index in [1.54, 1.807) is 12.1 Å². The van der Waals surface area contributed by atoms with E-state index in [0.717, 1.165) is 13.1 Å². The molecular formula is C31H42Cl2N6O8S2. The van der Waals surface area contributed by atoms with Gasteiger partial charge in [0, 0.05) is 69.9 Å². The fraction of sp³-hybridized carbons (Fsp3) is 0.581. The Bertz CT molecular complexity index is 1920. The van der Waals surface area contributed by atoms with Crippen molar-refractivity contribution in [1.29, 1.82) is 0 Å². The Hall–Kier alpha value is -2.25. The molecule has 0 amide bonds. The van der Waals surface area contributed by atoms with E-state index in [0.29, 0.717) is 77.1 Å². The minimum atomic E-state index is -3.91. The summed E-state index contributed by atoms with van der Waals surface area (Å²) < 4.78 is 72.2. The molecular weight excluding hydrogens is 719 g/mol. The van der Waals surface area contributed by atoms with Crippen LogP contribution < -0.4 is 5.73 Å². The predicted molar refractivity (Wildman–Crippen MR) is 185 cm³/mol. The molecule has 3 N–H and O–H groups in total. The van der Waals surface area contributed by atoms with Gasteiger partial charge in [-0.1, -0.05) is 44.0 Å². The molecule has 7 rings (SSSR count). The Labute approximate surface area is 296 Å². The van der Waals surface area contributed by atoms with Crippen molar-refractivity contribution in [3.63, 3.8) is 0 Å². The second-order valence-corrected chi connectivity index (χ2v) is 18.1. The molecule has 0 unspecified atom stereocenters. The van der Waals surface area contributed by atoms with Crippen molar-refractivity contribution in [3.8, 4) is 5.75 Å². The quantitative estimate of drug-likeness (QED) is 0.295. The van der Waals surface area contributed by atoms with Crippen molar-refractivity contribution in [2.45, 2.75) is 48.1 Å². The summed E-state index contributed by atoms with van der Waals surface area (Å²) in [5, 5.41) is 10.1. The average molecular weight is 762 g/mol. The highest BCUT2D eigenvalue weighted by molar-refractivity contribution is 7.89. The van der Waals surface area contributed by atoms with Crippen LogP contribution in [0.25, 0.3) is 11.1 Å². The van der Waals surface area contributed by atoms with Crippen LogP contribution in [0.4, 0.5) is 5.69 Å². The minimum Gasteiger partial charge on any atom is -0.504 e. The molecule has 18 heteroatoms. The lowest BCUT2D eigenvalue weighted by atomic mass is 9.97. The molecule has 0 radical (unpaired) electrons. The number of halogens is 2. The van der Waals surface area contributed by atoms with Gasteiger partial charge in [-0.25, -0.2) is 21.8 Å². The molecule has 4 aliphatic heterocycles. The molecule has 0 spiro atoms. The van der Waals surface area contributed by atoms with Crippen LogP contribution in [0, 0.1) is 0 Å². The van der Waals surface area contributed by atoms with E-state index >= 15 is 0 Å². The number of nitrogens with zero attached hydrogens (tertiary/aromatic N) is 5. The van der Waals surface area contributed by atoms with Gasteiger partial charge in [0.1, 0.15) is 15.3 Å². The Kier molecular flexibility index (Phi) is 10.5. The third kappa shape index (κ3) is 7.27. The molecule has 0 aliphatic carbocycles. The van der Waals surface area contributed by atoms with Crippen molar-refractivity contribution >= 4 is 60.0 Å². The molecule has 4 aliphatic rings. The molecule has 3 aromatic rings. The van der Waals surface area contributed by atoms with Crippen molar-refractivity contribution in [1.82, 2.24) is 23.4 Å². The fourth-order valence-electron chi connectivity index (χ4n) is 6.44. The van der Waals surface area contributed by atoms with Gasteiger partial charge in [-0.15, -0.1) is 0 Å². The summed E-state index contributed by atoms with van der Waals surface area (Å²) in [5.74, 6) is -0.00320. The maximum Gasteiger partial charge on any atom is 0.248 e. The van der Waals surface area contributed by atoms with E-state index in [2.05, 4.69) is 14.8 Å². The van der Waals surface area contributed by atoms with Crippen LogP contribution in [-0.4, -0.2) is 136 Å². The van der Waals surface area contributed by atoms with Crippen molar-refractivity contribution < 1.29 is 35.8 Å². The van der Waals surface area contributed by atoms with Gasteiger partial charge in [0.05, 0.1) is 42.2 Å². The lowest BCUT2D eigenvalue weighted by Crippen LogP contribution is -2.59. The highest BCUT2D eigenvalue weighted by atomic mass is 35.5. The zero-order valence-electron chi connectivity index (χ0n) is 27.6. The van der Waals surface area contributed by atoms with E-state index in [-0.39, 0.29) is 48.6 Å². The van der Waals surface area contributed by atoms with Crippen molar-refractivity contribution in [3.05, 3.63) is 40.2 Å². The summed E-state index contributed by atoms with van der Waals surface area (Å²) in [7, 11) is -7.72. The van der Waals surface area contributed by atoms with Gasteiger partial charge < -0.3 is 24.7 Å². The lowest BCUT2D eigenvalue weighted by molar-refractivity contribution is -0.0305. The van der Waals surface area contributed by atoms with E-state index in [1.807, 2.05) is 20.8 Å². The van der Waals surface area contributed by atoms with E-state index in [4.69, 9.17) is 42.8 Å². The number of piperazine rings is 2. The smallest absolute Gasteiger partial charge is 0.248 e. The standard InChI is InChI=1S/C18H24ClN3O4S.C13H18ClN3O4S/c1-18(2,3)17-20-14-5-4-13(19)16(15(14)26-17)27(23,24)22-7-6-21-8-9-25-11-12(21)10-22;14-10-1-2-11(15)12(18)13(10)22(19,20)17-4-3-16-5-6-21-8-9(16)7-17/h4-5,12H,6-11H2,1-3H3;1-2,9,18H,3-8,15H2/t12-;9-/m11/s1. The molecule has 4 saturated heterocycles. The van der Waals surface area contributed by atoms with Gasteiger partial charge in [-0.2, -0.15) is 8.61 Å². The number of phenolic OH excluding ortho intramolecular Hbond substituents is 1. The number of rotatable bonds is 4. The number of nitrogen functional groups attached to an aromatic ring is 1. The van der Waals surface area contributed by atoms with Gasteiger partial charge in [-0.05, 0) is 24.3 Å². The second-order valence-electron chi connectivity index (χ2n) is 13.6. The summed E-state index contributed by atoms with van der Waals surface area (Å²) in [5.41, 5.74) is 5.99. The fourth-order valence-corrected chi connectivity index (χ4v) is 10.6. The number of morpholine rings is 2. The van der Waals surface area contributed by atoms with Crippen LogP contribution in [0.15, 0.2) is 38.5 Å². The number of sulfonamides is 2. The summed E-state index contributed by atoms with van der Waals surface area (Å²) >= 11 is 12.3. The number of aromatic nitrogens is 1. The first-order chi connectivity index (χ1) is 23.1. The first kappa shape index (κ1) is 36.5. The zero-order chi connectivity index (χ0) is 35.3. The van der Waals surface area contributed by atoms with Gasteiger partial charge >= 0.3 is 0 Å².